The summed E-state index contributed by atoms with van der Waals surface area (Å²) >= 11 is 0. The topological polar surface area (TPSA) is 55.1 Å². The van der Waals surface area contributed by atoms with E-state index >= 15 is 0 Å². The van der Waals surface area contributed by atoms with Gasteiger partial charge in [0.05, 0.1) is 11.4 Å². The normalized spacial score (nSPS) is 10.5. The predicted octanol–water partition coefficient (Wildman–Crippen LogP) is 3.08. The summed E-state index contributed by atoms with van der Waals surface area (Å²) in [5.41, 5.74) is 0.519. The lowest BCUT2D eigenvalue weighted by Gasteiger charge is -2.06. The first-order valence-corrected chi connectivity index (χ1v) is 5.75. The molecule has 0 saturated heterocycles. The summed E-state index contributed by atoms with van der Waals surface area (Å²) in [6.07, 6.45) is 0.506. The summed E-state index contributed by atoms with van der Waals surface area (Å²) < 4.78 is 31.4. The van der Waals surface area contributed by atoms with Gasteiger partial charge in [0, 0.05) is 0 Å². The average Bonchev–Trinajstić information content (AvgIpc) is 2.76. The first kappa shape index (κ1) is 13.2. The van der Waals surface area contributed by atoms with Crippen molar-refractivity contribution in [1.82, 2.24) is 5.16 Å². The summed E-state index contributed by atoms with van der Waals surface area (Å²) in [6.45, 7) is 3.40. The van der Waals surface area contributed by atoms with Crippen LogP contribution >= 0.6 is 0 Å². The Morgan fingerprint density at radius 1 is 1.42 bits per heavy atom. The number of rotatable bonds is 3. The summed E-state index contributed by atoms with van der Waals surface area (Å²) in [4.78, 5) is 12.0. The molecule has 0 saturated carbocycles. The van der Waals surface area contributed by atoms with Gasteiger partial charge in [0.1, 0.15) is 11.3 Å². The second-order valence-corrected chi connectivity index (χ2v) is 3.97. The van der Waals surface area contributed by atoms with Crippen LogP contribution in [0.3, 0.4) is 0 Å². The number of aryl methyl sites for hydroxylation is 2. The zero-order valence-electron chi connectivity index (χ0n) is 10.5. The minimum atomic E-state index is -1.09. The fraction of sp³-hybridized carbons (Fsp3) is 0.231. The Balaban J connectivity index is 2.31. The standard InChI is InChI=1S/C13H12F2N2O2/c1-3-9-11(7(2)19-17-9)13(18)16-10-6-4-5-8(14)12(10)15/h4-6H,3H2,1-2H3,(H,16,18). The number of aromatic nitrogens is 1. The Labute approximate surface area is 108 Å². The van der Waals surface area contributed by atoms with Crippen LogP contribution in [0.2, 0.25) is 0 Å². The maximum Gasteiger partial charge on any atom is 0.261 e. The molecule has 0 spiro atoms. The molecule has 0 unspecified atom stereocenters. The molecule has 0 atom stereocenters. The maximum absolute atomic E-state index is 13.5. The number of carbonyl (C=O) groups is 1. The van der Waals surface area contributed by atoms with Gasteiger partial charge in [-0.05, 0) is 25.5 Å². The molecule has 1 amide bonds. The highest BCUT2D eigenvalue weighted by atomic mass is 19.2. The SMILES string of the molecule is CCc1noc(C)c1C(=O)Nc1cccc(F)c1F. The molecule has 1 heterocycles. The lowest BCUT2D eigenvalue weighted by Crippen LogP contribution is -2.15. The lowest BCUT2D eigenvalue weighted by atomic mass is 10.1. The number of nitrogens with zero attached hydrogens (tertiary/aromatic N) is 1. The van der Waals surface area contributed by atoms with Crippen molar-refractivity contribution in [3.63, 3.8) is 0 Å². The smallest absolute Gasteiger partial charge is 0.261 e. The molecule has 100 valence electrons. The third kappa shape index (κ3) is 2.47. The van der Waals surface area contributed by atoms with Gasteiger partial charge in [0.25, 0.3) is 5.91 Å². The number of amides is 1. The van der Waals surface area contributed by atoms with E-state index in [9.17, 15) is 13.6 Å². The van der Waals surface area contributed by atoms with E-state index in [1.165, 1.54) is 12.1 Å². The molecular formula is C13H12F2N2O2. The van der Waals surface area contributed by atoms with E-state index in [1.54, 1.807) is 6.92 Å². The van der Waals surface area contributed by atoms with Gasteiger partial charge in [0.15, 0.2) is 11.6 Å². The number of carbonyl (C=O) groups excluding carboxylic acids is 1. The van der Waals surface area contributed by atoms with Crippen molar-refractivity contribution in [2.45, 2.75) is 20.3 Å². The highest BCUT2D eigenvalue weighted by Crippen LogP contribution is 2.20. The van der Waals surface area contributed by atoms with Crippen LogP contribution < -0.4 is 5.32 Å². The first-order valence-electron chi connectivity index (χ1n) is 5.75. The van der Waals surface area contributed by atoms with Crippen molar-refractivity contribution in [3.05, 3.63) is 46.9 Å². The van der Waals surface area contributed by atoms with Crippen LogP contribution in [0.5, 0.6) is 0 Å². The Bertz CT molecular complexity index is 623. The van der Waals surface area contributed by atoms with Crippen LogP contribution in [0.25, 0.3) is 0 Å². The van der Waals surface area contributed by atoms with Crippen LogP contribution in [-0.2, 0) is 6.42 Å². The molecule has 19 heavy (non-hydrogen) atoms. The molecule has 0 aliphatic rings. The molecule has 1 aromatic carbocycles. The minimum Gasteiger partial charge on any atom is -0.361 e. The fourth-order valence-corrected chi connectivity index (χ4v) is 1.74. The number of nitrogens with one attached hydrogen (secondary N) is 1. The van der Waals surface area contributed by atoms with Gasteiger partial charge < -0.3 is 9.84 Å². The van der Waals surface area contributed by atoms with Crippen molar-refractivity contribution in [2.24, 2.45) is 0 Å². The van der Waals surface area contributed by atoms with Crippen molar-refractivity contribution in [3.8, 4) is 0 Å². The lowest BCUT2D eigenvalue weighted by molar-refractivity contribution is 0.102. The third-order valence-corrected chi connectivity index (χ3v) is 2.70. The van der Waals surface area contributed by atoms with Gasteiger partial charge in [-0.3, -0.25) is 4.79 Å². The monoisotopic (exact) mass is 266 g/mol. The number of hydrogen-bond donors (Lipinski definition) is 1. The number of anilines is 1. The van der Waals surface area contributed by atoms with Gasteiger partial charge in [-0.1, -0.05) is 18.1 Å². The second-order valence-electron chi connectivity index (χ2n) is 3.97. The van der Waals surface area contributed by atoms with Gasteiger partial charge >= 0.3 is 0 Å². The van der Waals surface area contributed by atoms with Crippen LogP contribution in [0.15, 0.2) is 22.7 Å². The highest BCUT2D eigenvalue weighted by Gasteiger charge is 2.20. The van der Waals surface area contributed by atoms with Crippen LogP contribution in [0, 0.1) is 18.6 Å². The van der Waals surface area contributed by atoms with Gasteiger partial charge in [0.2, 0.25) is 0 Å². The number of hydrogen-bond acceptors (Lipinski definition) is 3. The van der Waals surface area contributed by atoms with Crippen molar-refractivity contribution in [2.75, 3.05) is 5.32 Å². The van der Waals surface area contributed by atoms with E-state index in [0.29, 0.717) is 17.9 Å². The molecule has 6 heteroatoms. The summed E-state index contributed by atoms with van der Waals surface area (Å²) in [6, 6.07) is 3.58. The molecule has 2 rings (SSSR count). The molecule has 1 aromatic heterocycles. The third-order valence-electron chi connectivity index (χ3n) is 2.70. The van der Waals surface area contributed by atoms with Crippen LogP contribution in [0.1, 0.15) is 28.7 Å². The molecule has 4 nitrogen and oxygen atoms in total. The zero-order chi connectivity index (χ0) is 14.0. The molecule has 0 fully saturated rings. The van der Waals surface area contributed by atoms with Crippen LogP contribution in [0.4, 0.5) is 14.5 Å². The summed E-state index contributed by atoms with van der Waals surface area (Å²) in [7, 11) is 0. The predicted molar refractivity (Wildman–Crippen MR) is 64.9 cm³/mol. The van der Waals surface area contributed by atoms with Crippen molar-refractivity contribution < 1.29 is 18.1 Å². The number of benzene rings is 1. The van der Waals surface area contributed by atoms with E-state index in [4.69, 9.17) is 4.52 Å². The average molecular weight is 266 g/mol. The Morgan fingerprint density at radius 2 is 2.16 bits per heavy atom. The highest BCUT2D eigenvalue weighted by molar-refractivity contribution is 6.05. The largest absolute Gasteiger partial charge is 0.361 e. The molecule has 0 radical (unpaired) electrons. The van der Waals surface area contributed by atoms with E-state index in [0.717, 1.165) is 6.07 Å². The minimum absolute atomic E-state index is 0.215. The number of halogens is 2. The molecule has 0 aliphatic heterocycles. The van der Waals surface area contributed by atoms with Crippen molar-refractivity contribution in [1.29, 1.82) is 0 Å². The Morgan fingerprint density at radius 3 is 2.84 bits per heavy atom. The van der Waals surface area contributed by atoms with Gasteiger partial charge in [-0.2, -0.15) is 0 Å². The van der Waals surface area contributed by atoms with E-state index in [1.807, 2.05) is 6.92 Å². The molecule has 0 bridgehead atoms. The van der Waals surface area contributed by atoms with Gasteiger partial charge in [-0.25, -0.2) is 8.78 Å². The van der Waals surface area contributed by atoms with E-state index in [-0.39, 0.29) is 11.3 Å². The zero-order valence-corrected chi connectivity index (χ0v) is 10.5. The van der Waals surface area contributed by atoms with E-state index < -0.39 is 17.5 Å². The molecule has 1 N–H and O–H groups in total. The van der Waals surface area contributed by atoms with Gasteiger partial charge in [-0.15, -0.1) is 0 Å². The quantitative estimate of drug-likeness (QED) is 0.928. The maximum atomic E-state index is 13.5. The Hall–Kier alpha value is -2.24. The fourth-order valence-electron chi connectivity index (χ4n) is 1.74. The second kappa shape index (κ2) is 5.17. The molecule has 2 aromatic rings. The molecular weight excluding hydrogens is 254 g/mol. The van der Waals surface area contributed by atoms with Crippen LogP contribution in [-0.4, -0.2) is 11.1 Å². The van der Waals surface area contributed by atoms with E-state index in [2.05, 4.69) is 10.5 Å². The summed E-state index contributed by atoms with van der Waals surface area (Å²) in [5.74, 6) is -2.34. The van der Waals surface area contributed by atoms with Crippen molar-refractivity contribution >= 4 is 11.6 Å². The first-order chi connectivity index (χ1) is 9.04. The summed E-state index contributed by atoms with van der Waals surface area (Å²) in [5, 5.41) is 6.05. The molecule has 0 aliphatic carbocycles. The Kier molecular flexibility index (Phi) is 3.59.